The van der Waals surface area contributed by atoms with Crippen molar-refractivity contribution in [1.82, 2.24) is 10.2 Å². The molecule has 2 aromatic rings. The van der Waals surface area contributed by atoms with Crippen LogP contribution in [0.2, 0.25) is 0 Å². The van der Waals surface area contributed by atoms with Crippen LogP contribution >= 0.6 is 0 Å². The molecule has 3 rings (SSSR count). The number of nitrogens with two attached hydrogens (primary N) is 1. The molecular weight excluding hydrogens is 340 g/mol. The maximum Gasteiger partial charge on any atom is 0.409 e. The number of fused-ring (bicyclic) bond motifs is 1. The fourth-order valence-electron chi connectivity index (χ4n) is 3.38. The summed E-state index contributed by atoms with van der Waals surface area (Å²) in [5.74, 6) is 0.477. The summed E-state index contributed by atoms with van der Waals surface area (Å²) in [5.41, 5.74) is 7.29. The number of nitrogens with one attached hydrogen (secondary N) is 1. The van der Waals surface area contributed by atoms with Gasteiger partial charge in [-0.1, -0.05) is 42.5 Å². The number of benzene rings is 2. The van der Waals surface area contributed by atoms with Crippen LogP contribution in [0.3, 0.4) is 0 Å². The van der Waals surface area contributed by atoms with Gasteiger partial charge in [0, 0.05) is 25.7 Å². The molecule has 6 heteroatoms. The lowest BCUT2D eigenvalue weighted by Gasteiger charge is -2.31. The molecule has 0 aliphatic carbocycles. The Balaban J connectivity index is 1.43. The van der Waals surface area contributed by atoms with Crippen molar-refractivity contribution in [2.24, 2.45) is 10.7 Å². The molecule has 0 spiro atoms. The molecule has 3 N–H and O–H groups in total. The van der Waals surface area contributed by atoms with Crippen molar-refractivity contribution in [1.29, 1.82) is 0 Å². The minimum absolute atomic E-state index is 0.229. The highest BCUT2D eigenvalue weighted by Crippen LogP contribution is 2.16. The first-order chi connectivity index (χ1) is 13.2. The summed E-state index contributed by atoms with van der Waals surface area (Å²) in [6.07, 6.45) is 2.32. The molecule has 0 radical (unpaired) electrons. The number of hydrogen-bond donors (Lipinski definition) is 2. The van der Waals surface area contributed by atoms with Gasteiger partial charge in [-0.3, -0.25) is 4.99 Å². The Hall–Kier alpha value is -2.76. The first kappa shape index (κ1) is 19.0. The molecule has 6 nitrogen and oxygen atoms in total. The lowest BCUT2D eigenvalue weighted by atomic mass is 10.1. The van der Waals surface area contributed by atoms with Crippen LogP contribution in [0.25, 0.3) is 10.8 Å². The molecule has 1 aliphatic rings. The summed E-state index contributed by atoms with van der Waals surface area (Å²) in [4.78, 5) is 17.9. The van der Waals surface area contributed by atoms with E-state index in [-0.39, 0.29) is 12.1 Å². The van der Waals surface area contributed by atoms with E-state index < -0.39 is 0 Å². The Morgan fingerprint density at radius 3 is 2.70 bits per heavy atom. The number of amides is 1. The van der Waals surface area contributed by atoms with Gasteiger partial charge in [-0.25, -0.2) is 4.79 Å². The number of hydrogen-bond acceptors (Lipinski definition) is 3. The van der Waals surface area contributed by atoms with Gasteiger partial charge < -0.3 is 20.7 Å². The predicted molar refractivity (Wildman–Crippen MR) is 109 cm³/mol. The first-order valence-corrected chi connectivity index (χ1v) is 9.61. The van der Waals surface area contributed by atoms with Crippen molar-refractivity contribution in [3.8, 4) is 0 Å². The van der Waals surface area contributed by atoms with Crippen molar-refractivity contribution in [3.63, 3.8) is 0 Å². The Morgan fingerprint density at radius 2 is 1.96 bits per heavy atom. The van der Waals surface area contributed by atoms with Crippen LogP contribution in [-0.2, 0) is 11.2 Å². The molecule has 0 saturated carbocycles. The average Bonchev–Trinajstić information content (AvgIpc) is 2.68. The number of aliphatic imine (C=N–C) groups is 1. The van der Waals surface area contributed by atoms with Crippen LogP contribution in [0.1, 0.15) is 25.3 Å². The van der Waals surface area contributed by atoms with Crippen LogP contribution in [0.15, 0.2) is 47.5 Å². The monoisotopic (exact) mass is 368 g/mol. The van der Waals surface area contributed by atoms with Crippen LogP contribution in [-0.4, -0.2) is 49.2 Å². The van der Waals surface area contributed by atoms with Gasteiger partial charge in [0.25, 0.3) is 0 Å². The molecule has 1 heterocycles. The summed E-state index contributed by atoms with van der Waals surface area (Å²) in [6, 6.07) is 15.1. The number of carbonyl (C=O) groups excluding carboxylic acids is 1. The average molecular weight is 368 g/mol. The van der Waals surface area contributed by atoms with Crippen LogP contribution in [0.4, 0.5) is 4.79 Å². The molecule has 1 saturated heterocycles. The first-order valence-electron chi connectivity index (χ1n) is 9.61. The van der Waals surface area contributed by atoms with E-state index in [1.165, 1.54) is 16.3 Å². The van der Waals surface area contributed by atoms with E-state index in [4.69, 9.17) is 10.5 Å². The van der Waals surface area contributed by atoms with Gasteiger partial charge in [-0.2, -0.15) is 0 Å². The van der Waals surface area contributed by atoms with E-state index in [1.807, 2.05) is 6.92 Å². The number of carbonyl (C=O) groups is 1. The van der Waals surface area contributed by atoms with Crippen LogP contribution < -0.4 is 11.1 Å². The quantitative estimate of drug-likeness (QED) is 0.628. The minimum atomic E-state index is -0.229. The highest BCUT2D eigenvalue weighted by molar-refractivity contribution is 5.83. The van der Waals surface area contributed by atoms with Crippen molar-refractivity contribution in [2.75, 3.05) is 26.2 Å². The maximum atomic E-state index is 11.7. The second kappa shape index (κ2) is 9.26. The number of ether oxygens (including phenoxy) is 1. The molecule has 1 fully saturated rings. The zero-order valence-electron chi connectivity index (χ0n) is 15.9. The number of rotatable bonds is 5. The van der Waals surface area contributed by atoms with E-state index in [1.54, 1.807) is 4.90 Å². The Kier molecular flexibility index (Phi) is 6.52. The molecule has 0 atom stereocenters. The van der Waals surface area contributed by atoms with Crippen LogP contribution in [0.5, 0.6) is 0 Å². The fourth-order valence-corrected chi connectivity index (χ4v) is 3.38. The molecule has 0 bridgehead atoms. The molecule has 27 heavy (non-hydrogen) atoms. The number of nitrogens with zero attached hydrogens (tertiary/aromatic N) is 2. The highest BCUT2D eigenvalue weighted by atomic mass is 16.6. The van der Waals surface area contributed by atoms with Crippen molar-refractivity contribution in [2.45, 2.75) is 32.2 Å². The summed E-state index contributed by atoms with van der Waals surface area (Å²) in [7, 11) is 0. The van der Waals surface area contributed by atoms with Gasteiger partial charge in [0.2, 0.25) is 0 Å². The third-order valence-electron chi connectivity index (χ3n) is 4.87. The van der Waals surface area contributed by atoms with E-state index in [2.05, 4.69) is 52.8 Å². The summed E-state index contributed by atoms with van der Waals surface area (Å²) < 4.78 is 5.04. The number of piperidine rings is 1. The largest absolute Gasteiger partial charge is 0.450 e. The van der Waals surface area contributed by atoms with E-state index in [0.717, 1.165) is 19.3 Å². The van der Waals surface area contributed by atoms with Crippen molar-refractivity contribution >= 4 is 22.8 Å². The molecular formula is C21H28N4O2. The fraction of sp³-hybridized carbons (Fsp3) is 0.429. The second-order valence-electron chi connectivity index (χ2n) is 6.80. The smallest absolute Gasteiger partial charge is 0.409 e. The summed E-state index contributed by atoms with van der Waals surface area (Å²) in [5, 5.41) is 5.77. The van der Waals surface area contributed by atoms with Gasteiger partial charge in [0.15, 0.2) is 5.96 Å². The standard InChI is InChI=1S/C21H28N4O2/c1-2-27-21(26)25-13-10-19(11-14-25)24-20(22)23-12-9-16-7-8-17-5-3-4-6-18(17)15-16/h3-8,15,19H,2,9-14H2,1H3,(H3,22,23,24). The molecule has 0 aromatic heterocycles. The van der Waals surface area contributed by atoms with Gasteiger partial charge in [0.05, 0.1) is 6.61 Å². The number of guanidine groups is 1. The minimum Gasteiger partial charge on any atom is -0.450 e. The van der Waals surface area contributed by atoms with Gasteiger partial charge in [0.1, 0.15) is 0 Å². The Morgan fingerprint density at radius 1 is 1.22 bits per heavy atom. The molecule has 0 unspecified atom stereocenters. The van der Waals surface area contributed by atoms with Gasteiger partial charge >= 0.3 is 6.09 Å². The van der Waals surface area contributed by atoms with Gasteiger partial charge in [-0.05, 0) is 42.5 Å². The zero-order valence-corrected chi connectivity index (χ0v) is 15.9. The maximum absolute atomic E-state index is 11.7. The summed E-state index contributed by atoms with van der Waals surface area (Å²) >= 11 is 0. The van der Waals surface area contributed by atoms with Crippen molar-refractivity contribution < 1.29 is 9.53 Å². The van der Waals surface area contributed by atoms with Gasteiger partial charge in [-0.15, -0.1) is 0 Å². The third kappa shape index (κ3) is 5.36. The summed E-state index contributed by atoms with van der Waals surface area (Å²) in [6.45, 7) is 4.25. The molecule has 1 aliphatic heterocycles. The second-order valence-corrected chi connectivity index (χ2v) is 6.80. The zero-order chi connectivity index (χ0) is 19.1. The SMILES string of the molecule is CCOC(=O)N1CCC(NC(N)=NCCc2ccc3ccccc3c2)CC1. The highest BCUT2D eigenvalue weighted by Gasteiger charge is 2.23. The third-order valence-corrected chi connectivity index (χ3v) is 4.87. The lowest BCUT2D eigenvalue weighted by molar-refractivity contribution is 0.0963. The van der Waals surface area contributed by atoms with Crippen molar-refractivity contribution in [3.05, 3.63) is 48.0 Å². The van der Waals surface area contributed by atoms with E-state index in [9.17, 15) is 4.79 Å². The van der Waals surface area contributed by atoms with Crippen LogP contribution in [0, 0.1) is 0 Å². The van der Waals surface area contributed by atoms with E-state index in [0.29, 0.717) is 32.2 Å². The van der Waals surface area contributed by atoms with E-state index >= 15 is 0 Å². The molecule has 2 aromatic carbocycles. The lowest BCUT2D eigenvalue weighted by Crippen LogP contribution is -2.48. The molecule has 1 amide bonds. The Labute approximate surface area is 160 Å². The number of likely N-dealkylation sites (tertiary alicyclic amines) is 1. The Bertz CT molecular complexity index is 798. The molecule has 144 valence electrons. The normalized spacial score (nSPS) is 15.7. The topological polar surface area (TPSA) is 80.0 Å². The predicted octanol–water partition coefficient (Wildman–Crippen LogP) is 2.91.